The van der Waals surface area contributed by atoms with Crippen LogP contribution in [0.5, 0.6) is 11.5 Å². The Bertz CT molecular complexity index is 2210. The molecule has 278 valence electrons. The van der Waals surface area contributed by atoms with Crippen LogP contribution < -0.4 is 41.6 Å². The molecule has 0 saturated carbocycles. The first-order chi connectivity index (χ1) is 27.6. The lowest BCUT2D eigenvalue weighted by molar-refractivity contribution is 0.415. The van der Waals surface area contributed by atoms with E-state index in [4.69, 9.17) is 9.47 Å². The lowest BCUT2D eigenvalue weighted by Crippen LogP contribution is -2.07. The molecule has 6 N–H and O–H groups in total. The smallest absolute Gasteiger partial charge is 0.250 e. The van der Waals surface area contributed by atoms with E-state index < -0.39 is 0 Å². The number of methoxy groups -OCH3 is 2. The Labute approximate surface area is 322 Å². The second kappa shape index (κ2) is 18.1. The van der Waals surface area contributed by atoms with Gasteiger partial charge in [0.1, 0.15) is 11.5 Å². The fourth-order valence-corrected chi connectivity index (χ4v) is 4.98. The van der Waals surface area contributed by atoms with Gasteiger partial charge >= 0.3 is 0 Å². The molecule has 2 heterocycles. The van der Waals surface area contributed by atoms with E-state index in [2.05, 4.69) is 72.2 Å². The molecule has 0 fully saturated rings. The first-order valence-corrected chi connectivity index (χ1v) is 17.2. The molecule has 0 unspecified atom stereocenters. The molecule has 56 heavy (non-hydrogen) atoms. The van der Waals surface area contributed by atoms with Crippen LogP contribution in [-0.4, -0.2) is 56.6 Å². The highest BCUT2D eigenvalue weighted by Crippen LogP contribution is 2.23. The van der Waals surface area contributed by atoms with E-state index >= 15 is 0 Å². The number of para-hydroxylation sites is 2. The van der Waals surface area contributed by atoms with Gasteiger partial charge in [-0.2, -0.15) is 40.1 Å². The molecule has 5 aromatic carbocycles. The molecular formula is C40H36N14O2. The van der Waals surface area contributed by atoms with E-state index in [0.717, 1.165) is 45.4 Å². The van der Waals surface area contributed by atoms with Crippen LogP contribution in [0, 0.1) is 0 Å². The molecule has 0 atom stereocenters. The van der Waals surface area contributed by atoms with Gasteiger partial charge in [0.2, 0.25) is 35.7 Å². The molecule has 7 rings (SSSR count). The number of nitrogens with one attached hydrogen (secondary N) is 6. The van der Waals surface area contributed by atoms with Crippen molar-refractivity contribution in [2.45, 2.75) is 0 Å². The van der Waals surface area contributed by atoms with E-state index in [0.29, 0.717) is 23.8 Å². The number of nitrogens with zero attached hydrogens (tertiary/aromatic N) is 8. The van der Waals surface area contributed by atoms with Crippen molar-refractivity contribution in [2.24, 2.45) is 10.2 Å². The van der Waals surface area contributed by atoms with Crippen LogP contribution in [0.2, 0.25) is 0 Å². The highest BCUT2D eigenvalue weighted by atomic mass is 16.5. The number of hydrogen-bond donors (Lipinski definition) is 6. The van der Waals surface area contributed by atoms with Crippen LogP contribution in [0.25, 0.3) is 0 Å². The number of hydrogen-bond acceptors (Lipinski definition) is 16. The van der Waals surface area contributed by atoms with Gasteiger partial charge in [0.05, 0.1) is 26.6 Å². The van der Waals surface area contributed by atoms with Crippen LogP contribution in [0.4, 0.5) is 58.4 Å². The van der Waals surface area contributed by atoms with E-state index in [-0.39, 0.29) is 11.9 Å². The average Bonchev–Trinajstić information content (AvgIpc) is 3.23. The molecule has 0 aliphatic rings. The van der Waals surface area contributed by atoms with E-state index in [1.54, 1.807) is 26.6 Å². The van der Waals surface area contributed by atoms with E-state index in [9.17, 15) is 0 Å². The van der Waals surface area contributed by atoms with Crippen molar-refractivity contribution in [1.82, 2.24) is 29.9 Å². The van der Waals surface area contributed by atoms with Crippen LogP contribution in [0.3, 0.4) is 0 Å². The third-order valence-corrected chi connectivity index (χ3v) is 7.72. The largest absolute Gasteiger partial charge is 0.497 e. The SMILES string of the molecule is COc1ccc(Nc2nc(N/N=C/c3ccc(/C=N/Nc4nc(Nc5ccccc5)nc(Nc5ccc(OC)cc5)n4)cc3)nc(Nc3ccccc3)n2)cc1. The Morgan fingerprint density at radius 3 is 1.00 bits per heavy atom. The van der Waals surface area contributed by atoms with Gasteiger partial charge in [-0.05, 0) is 83.9 Å². The summed E-state index contributed by atoms with van der Waals surface area (Å²) < 4.78 is 10.5. The maximum atomic E-state index is 5.26. The number of aromatic nitrogens is 6. The predicted molar refractivity (Wildman–Crippen MR) is 221 cm³/mol. The van der Waals surface area contributed by atoms with E-state index in [1.165, 1.54) is 0 Å². The molecule has 0 saturated heterocycles. The molecule has 0 aliphatic carbocycles. The third-order valence-electron chi connectivity index (χ3n) is 7.72. The number of hydrazone groups is 2. The molecule has 0 aliphatic heterocycles. The van der Waals surface area contributed by atoms with Gasteiger partial charge in [0.25, 0.3) is 0 Å². The van der Waals surface area contributed by atoms with Crippen LogP contribution in [-0.2, 0) is 0 Å². The number of anilines is 10. The van der Waals surface area contributed by atoms with Gasteiger partial charge in [0, 0.05) is 22.7 Å². The number of benzene rings is 5. The zero-order valence-corrected chi connectivity index (χ0v) is 30.3. The fraction of sp³-hybridized carbons (Fsp3) is 0.0500. The minimum Gasteiger partial charge on any atom is -0.497 e. The van der Waals surface area contributed by atoms with Gasteiger partial charge in [-0.15, -0.1) is 0 Å². The lowest BCUT2D eigenvalue weighted by Gasteiger charge is -2.10. The Morgan fingerprint density at radius 1 is 0.375 bits per heavy atom. The maximum Gasteiger partial charge on any atom is 0.250 e. The van der Waals surface area contributed by atoms with Gasteiger partial charge in [-0.1, -0.05) is 60.7 Å². The molecule has 0 amide bonds. The van der Waals surface area contributed by atoms with Gasteiger partial charge in [0.15, 0.2) is 0 Å². The topological polar surface area (TPSA) is 193 Å². The molecular weight excluding hydrogens is 709 g/mol. The second-order valence-electron chi connectivity index (χ2n) is 11.7. The van der Waals surface area contributed by atoms with Gasteiger partial charge in [-0.3, -0.25) is 0 Å². The van der Waals surface area contributed by atoms with Crippen LogP contribution in [0.15, 0.2) is 144 Å². The first-order valence-electron chi connectivity index (χ1n) is 17.2. The second-order valence-corrected chi connectivity index (χ2v) is 11.7. The van der Waals surface area contributed by atoms with Crippen LogP contribution in [0.1, 0.15) is 11.1 Å². The minimum absolute atomic E-state index is 0.239. The Kier molecular flexibility index (Phi) is 11.7. The summed E-state index contributed by atoms with van der Waals surface area (Å²) >= 11 is 0. The number of ether oxygens (including phenoxy) is 2. The summed E-state index contributed by atoms with van der Waals surface area (Å²) in [5.74, 6) is 3.28. The van der Waals surface area contributed by atoms with Crippen molar-refractivity contribution in [3.8, 4) is 11.5 Å². The molecule has 0 bridgehead atoms. The first kappa shape index (κ1) is 36.2. The normalized spacial score (nSPS) is 10.9. The standard InChI is InChI=1S/C40H36N14O2/c1-55-33-21-17-31(18-22-33)45-37-47-35(43-29-9-5-3-6-10-29)49-39(51-37)53-41-25-27-13-15-28(16-14-27)26-42-54-40-50-36(44-30-11-7-4-8-12-30)48-38(52-40)46-32-19-23-34(56-2)24-20-32/h3-26H,1-2H3,(H3,43,45,47,49,51,53)(H3,44,46,48,50,52,54)/b41-25+,42-26+. The van der Waals surface area contributed by atoms with Gasteiger partial charge in [-0.25, -0.2) is 10.9 Å². The monoisotopic (exact) mass is 744 g/mol. The fourth-order valence-electron chi connectivity index (χ4n) is 4.98. The quantitative estimate of drug-likeness (QED) is 0.0412. The number of rotatable bonds is 16. The summed E-state index contributed by atoms with van der Waals surface area (Å²) in [4.78, 5) is 27.0. The summed E-state index contributed by atoms with van der Waals surface area (Å²) in [6, 6.07) is 41.7. The molecule has 16 nitrogen and oxygen atoms in total. The summed E-state index contributed by atoms with van der Waals surface area (Å²) in [5.41, 5.74) is 10.7. The summed E-state index contributed by atoms with van der Waals surface area (Å²) in [5, 5.41) is 21.5. The maximum absolute atomic E-state index is 5.26. The summed E-state index contributed by atoms with van der Waals surface area (Å²) in [6.07, 6.45) is 3.32. The van der Waals surface area contributed by atoms with Crippen LogP contribution >= 0.6 is 0 Å². The van der Waals surface area contributed by atoms with Crippen molar-refractivity contribution in [1.29, 1.82) is 0 Å². The Hall–Kier alpha value is -8.14. The van der Waals surface area contributed by atoms with Crippen molar-refractivity contribution < 1.29 is 9.47 Å². The van der Waals surface area contributed by atoms with Crippen molar-refractivity contribution >= 4 is 70.9 Å². The molecule has 0 spiro atoms. The molecule has 7 aromatic rings. The zero-order valence-electron chi connectivity index (χ0n) is 30.3. The highest BCUT2D eigenvalue weighted by Gasteiger charge is 2.10. The third kappa shape index (κ3) is 10.5. The summed E-state index contributed by atoms with van der Waals surface area (Å²) in [7, 11) is 3.24. The Morgan fingerprint density at radius 2 is 0.679 bits per heavy atom. The van der Waals surface area contributed by atoms with Crippen molar-refractivity contribution in [3.63, 3.8) is 0 Å². The lowest BCUT2D eigenvalue weighted by atomic mass is 10.2. The van der Waals surface area contributed by atoms with Crippen molar-refractivity contribution in [3.05, 3.63) is 145 Å². The molecule has 2 aromatic heterocycles. The van der Waals surface area contributed by atoms with E-state index in [1.807, 2.05) is 133 Å². The predicted octanol–water partition coefficient (Wildman–Crippen LogP) is 7.94. The minimum atomic E-state index is 0.239. The molecule has 16 heteroatoms. The highest BCUT2D eigenvalue weighted by molar-refractivity contribution is 5.84. The zero-order chi connectivity index (χ0) is 38.4. The average molecular weight is 745 g/mol. The van der Waals surface area contributed by atoms with Gasteiger partial charge < -0.3 is 30.7 Å². The molecule has 0 radical (unpaired) electrons. The Balaban J connectivity index is 1.00. The summed E-state index contributed by atoms with van der Waals surface area (Å²) in [6.45, 7) is 0. The van der Waals surface area contributed by atoms with Crippen molar-refractivity contribution in [2.75, 3.05) is 46.3 Å².